The number of aromatic nitrogens is 2. The van der Waals surface area contributed by atoms with Crippen LogP contribution in [0.2, 0.25) is 0 Å². The number of hydrogen-bond acceptors (Lipinski definition) is 6. The third-order valence-corrected chi connectivity index (χ3v) is 7.42. The molecule has 4 aromatic rings. The molecule has 1 saturated heterocycles. The Kier molecular flexibility index (Phi) is 5.67. The lowest BCUT2D eigenvalue weighted by molar-refractivity contribution is -0.133. The molecule has 0 N–H and O–H groups in total. The number of fused-ring (bicyclic) bond motifs is 1. The van der Waals surface area contributed by atoms with E-state index in [1.807, 2.05) is 41.3 Å². The molecule has 3 aromatic heterocycles. The number of thiophene rings is 2. The van der Waals surface area contributed by atoms with Gasteiger partial charge in [0.15, 0.2) is 0 Å². The van der Waals surface area contributed by atoms with Crippen molar-refractivity contribution in [3.05, 3.63) is 75.5 Å². The van der Waals surface area contributed by atoms with Crippen molar-refractivity contribution in [3.8, 4) is 10.4 Å². The van der Waals surface area contributed by atoms with Crippen molar-refractivity contribution in [1.29, 1.82) is 0 Å². The highest BCUT2D eigenvalue weighted by Gasteiger charge is 2.22. The van der Waals surface area contributed by atoms with Crippen LogP contribution in [0.5, 0.6) is 0 Å². The molecule has 0 saturated carbocycles. The van der Waals surface area contributed by atoms with Crippen LogP contribution in [0.15, 0.2) is 64.3 Å². The SMILES string of the molecule is O=C(Cn1cnc2sc(-c3ccccc3)cc2c1=O)N1CCN(Cc2ccsc2)CC1. The Labute approximate surface area is 188 Å². The summed E-state index contributed by atoms with van der Waals surface area (Å²) in [5.41, 5.74) is 2.22. The van der Waals surface area contributed by atoms with Crippen molar-refractivity contribution in [2.75, 3.05) is 26.2 Å². The highest BCUT2D eigenvalue weighted by Crippen LogP contribution is 2.30. The van der Waals surface area contributed by atoms with Gasteiger partial charge in [0.2, 0.25) is 5.91 Å². The van der Waals surface area contributed by atoms with Crippen LogP contribution >= 0.6 is 22.7 Å². The molecule has 31 heavy (non-hydrogen) atoms. The van der Waals surface area contributed by atoms with E-state index in [9.17, 15) is 9.59 Å². The minimum Gasteiger partial charge on any atom is -0.339 e. The lowest BCUT2D eigenvalue weighted by atomic mass is 10.2. The maximum atomic E-state index is 13.0. The number of nitrogens with zero attached hydrogens (tertiary/aromatic N) is 4. The minimum atomic E-state index is -0.159. The molecule has 1 amide bonds. The molecule has 8 heteroatoms. The van der Waals surface area contributed by atoms with Gasteiger partial charge in [-0.3, -0.25) is 19.1 Å². The van der Waals surface area contributed by atoms with Crippen LogP contribution in [0.25, 0.3) is 20.7 Å². The zero-order chi connectivity index (χ0) is 21.2. The van der Waals surface area contributed by atoms with Crippen molar-refractivity contribution in [2.24, 2.45) is 0 Å². The fourth-order valence-corrected chi connectivity index (χ4v) is 5.51. The molecule has 0 spiro atoms. The quantitative estimate of drug-likeness (QED) is 0.467. The summed E-state index contributed by atoms with van der Waals surface area (Å²) in [6.45, 7) is 4.02. The fraction of sp³-hybridized carbons (Fsp3) is 0.261. The molecule has 6 nitrogen and oxygen atoms in total. The van der Waals surface area contributed by atoms with Gasteiger partial charge in [-0.2, -0.15) is 11.3 Å². The average Bonchev–Trinajstić information content (AvgIpc) is 3.47. The first-order valence-electron chi connectivity index (χ1n) is 10.2. The third-order valence-electron chi connectivity index (χ3n) is 5.59. The number of amides is 1. The normalized spacial score (nSPS) is 14.9. The smallest absolute Gasteiger partial charge is 0.262 e. The Morgan fingerprint density at radius 3 is 2.61 bits per heavy atom. The van der Waals surface area contributed by atoms with Gasteiger partial charge in [0.1, 0.15) is 11.4 Å². The predicted molar refractivity (Wildman–Crippen MR) is 125 cm³/mol. The zero-order valence-corrected chi connectivity index (χ0v) is 18.6. The number of rotatable bonds is 5. The molecule has 5 rings (SSSR count). The monoisotopic (exact) mass is 450 g/mol. The molecule has 0 bridgehead atoms. The molecule has 4 heterocycles. The first-order valence-corrected chi connectivity index (χ1v) is 12.0. The third kappa shape index (κ3) is 4.32. The minimum absolute atomic E-state index is 0.0306. The second-order valence-electron chi connectivity index (χ2n) is 7.66. The van der Waals surface area contributed by atoms with Crippen LogP contribution in [0, 0.1) is 0 Å². The first-order chi connectivity index (χ1) is 15.2. The van der Waals surface area contributed by atoms with E-state index in [4.69, 9.17) is 0 Å². The molecule has 158 valence electrons. The van der Waals surface area contributed by atoms with E-state index < -0.39 is 0 Å². The molecule has 1 aliphatic rings. The second kappa shape index (κ2) is 8.74. The molecule has 0 atom stereocenters. The molecule has 0 aliphatic carbocycles. The largest absolute Gasteiger partial charge is 0.339 e. The van der Waals surface area contributed by atoms with Gasteiger partial charge in [-0.15, -0.1) is 11.3 Å². The molecule has 0 unspecified atom stereocenters. The van der Waals surface area contributed by atoms with Crippen LogP contribution in [0.4, 0.5) is 0 Å². The van der Waals surface area contributed by atoms with Gasteiger partial charge in [-0.1, -0.05) is 30.3 Å². The summed E-state index contributed by atoms with van der Waals surface area (Å²) in [7, 11) is 0. The van der Waals surface area contributed by atoms with E-state index in [0.717, 1.165) is 30.1 Å². The zero-order valence-electron chi connectivity index (χ0n) is 16.9. The van der Waals surface area contributed by atoms with Crippen LogP contribution in [-0.2, 0) is 17.9 Å². The molecular weight excluding hydrogens is 428 g/mol. The standard InChI is InChI=1S/C23H22N4O2S2/c28-21(26-9-7-25(8-10-26)13-17-6-11-30-15-17)14-27-16-24-22-19(23(27)29)12-20(31-22)18-4-2-1-3-5-18/h1-6,11-12,15-16H,7-10,13-14H2. The highest BCUT2D eigenvalue weighted by molar-refractivity contribution is 7.21. The van der Waals surface area contributed by atoms with Crippen molar-refractivity contribution >= 4 is 38.8 Å². The van der Waals surface area contributed by atoms with Crippen molar-refractivity contribution < 1.29 is 4.79 Å². The highest BCUT2D eigenvalue weighted by atomic mass is 32.1. The molecule has 1 fully saturated rings. The van der Waals surface area contributed by atoms with E-state index in [-0.39, 0.29) is 18.0 Å². The van der Waals surface area contributed by atoms with Gasteiger partial charge in [-0.25, -0.2) is 4.98 Å². The van der Waals surface area contributed by atoms with Gasteiger partial charge in [0, 0.05) is 37.6 Å². The van der Waals surface area contributed by atoms with Crippen LogP contribution in [0.1, 0.15) is 5.56 Å². The van der Waals surface area contributed by atoms with Crippen LogP contribution in [-0.4, -0.2) is 51.4 Å². The van der Waals surface area contributed by atoms with E-state index in [2.05, 4.69) is 26.7 Å². The number of carbonyl (C=O) groups excluding carboxylic acids is 1. The van der Waals surface area contributed by atoms with Gasteiger partial charge < -0.3 is 4.90 Å². The van der Waals surface area contributed by atoms with E-state index in [0.29, 0.717) is 23.3 Å². The van der Waals surface area contributed by atoms with Gasteiger partial charge >= 0.3 is 0 Å². The summed E-state index contributed by atoms with van der Waals surface area (Å²) >= 11 is 3.21. The summed E-state index contributed by atoms with van der Waals surface area (Å²) in [6.07, 6.45) is 1.50. The Hall–Kier alpha value is -2.81. The maximum Gasteiger partial charge on any atom is 0.262 e. The molecule has 1 aromatic carbocycles. The van der Waals surface area contributed by atoms with E-state index in [1.165, 1.54) is 27.8 Å². The van der Waals surface area contributed by atoms with Gasteiger partial charge in [-0.05, 0) is 34.0 Å². The Bertz CT molecular complexity index is 1240. The summed E-state index contributed by atoms with van der Waals surface area (Å²) in [5.74, 6) is -0.0306. The Morgan fingerprint density at radius 1 is 1.06 bits per heavy atom. The number of carbonyl (C=O) groups is 1. The summed E-state index contributed by atoms with van der Waals surface area (Å²) in [6, 6.07) is 14.0. The number of piperazine rings is 1. The topological polar surface area (TPSA) is 58.4 Å². The molecule has 1 aliphatic heterocycles. The van der Waals surface area contributed by atoms with Crippen LogP contribution < -0.4 is 5.56 Å². The number of benzene rings is 1. The average molecular weight is 451 g/mol. The van der Waals surface area contributed by atoms with E-state index in [1.54, 1.807) is 11.3 Å². The lowest BCUT2D eigenvalue weighted by Gasteiger charge is -2.34. The Balaban J connectivity index is 1.26. The second-order valence-corrected chi connectivity index (χ2v) is 9.47. The summed E-state index contributed by atoms with van der Waals surface area (Å²) < 4.78 is 1.43. The van der Waals surface area contributed by atoms with Crippen LogP contribution in [0.3, 0.4) is 0 Å². The van der Waals surface area contributed by atoms with E-state index >= 15 is 0 Å². The van der Waals surface area contributed by atoms with Gasteiger partial charge in [0.25, 0.3) is 5.56 Å². The maximum absolute atomic E-state index is 13.0. The van der Waals surface area contributed by atoms with Crippen molar-refractivity contribution in [3.63, 3.8) is 0 Å². The first kappa shape index (κ1) is 20.1. The summed E-state index contributed by atoms with van der Waals surface area (Å²) in [4.78, 5) is 36.2. The Morgan fingerprint density at radius 2 is 1.87 bits per heavy atom. The molecule has 0 radical (unpaired) electrons. The summed E-state index contributed by atoms with van der Waals surface area (Å²) in [5, 5.41) is 4.83. The van der Waals surface area contributed by atoms with Gasteiger partial charge in [0.05, 0.1) is 11.7 Å². The van der Waals surface area contributed by atoms with Crippen molar-refractivity contribution in [1.82, 2.24) is 19.4 Å². The fourth-order valence-electron chi connectivity index (χ4n) is 3.86. The lowest BCUT2D eigenvalue weighted by Crippen LogP contribution is -2.49. The molecular formula is C23H22N4O2S2. The van der Waals surface area contributed by atoms with Crippen molar-refractivity contribution in [2.45, 2.75) is 13.1 Å². The number of hydrogen-bond donors (Lipinski definition) is 0. The predicted octanol–water partition coefficient (Wildman–Crippen LogP) is 3.53.